The van der Waals surface area contributed by atoms with Crippen molar-refractivity contribution in [3.8, 4) is 0 Å². The Labute approximate surface area is 148 Å². The van der Waals surface area contributed by atoms with Gasteiger partial charge in [-0.3, -0.25) is 10.1 Å². The molecule has 24 heavy (non-hydrogen) atoms. The molecule has 0 aliphatic carbocycles. The van der Waals surface area contributed by atoms with E-state index in [0.717, 1.165) is 0 Å². The molecule has 0 bridgehead atoms. The van der Waals surface area contributed by atoms with Crippen molar-refractivity contribution in [2.45, 2.75) is 38.7 Å². The fourth-order valence-electron chi connectivity index (χ4n) is 2.60. The van der Waals surface area contributed by atoms with Crippen LogP contribution in [-0.4, -0.2) is 41.0 Å². The molecule has 1 saturated heterocycles. The molecule has 8 heteroatoms. The van der Waals surface area contributed by atoms with E-state index in [9.17, 15) is 14.7 Å². The molecule has 1 amide bonds. The van der Waals surface area contributed by atoms with Crippen LogP contribution in [0.4, 0.5) is 10.6 Å². The molecular formula is C16H21BrN2O5. The Bertz CT molecular complexity index is 629. The number of hydrogen-bond donors (Lipinski definition) is 2. The first-order chi connectivity index (χ1) is 11.2. The summed E-state index contributed by atoms with van der Waals surface area (Å²) in [5, 5.41) is 12.1. The zero-order chi connectivity index (χ0) is 17.9. The molecule has 1 aliphatic heterocycles. The lowest BCUT2D eigenvalue weighted by Gasteiger charge is -2.30. The van der Waals surface area contributed by atoms with E-state index in [2.05, 4.69) is 26.2 Å². The molecule has 2 rings (SSSR count). The fourth-order valence-corrected chi connectivity index (χ4v) is 2.94. The van der Waals surface area contributed by atoms with Gasteiger partial charge < -0.3 is 14.6 Å². The van der Waals surface area contributed by atoms with Crippen molar-refractivity contribution < 1.29 is 24.2 Å². The Kier molecular flexibility index (Phi) is 5.82. The number of ether oxygens (including phenoxy) is 2. The number of amides is 1. The third-order valence-electron chi connectivity index (χ3n) is 3.58. The highest BCUT2D eigenvalue weighted by Gasteiger charge is 2.35. The molecule has 0 spiro atoms. The minimum absolute atomic E-state index is 0.137. The molecule has 1 aromatic rings. The average molecular weight is 401 g/mol. The fraction of sp³-hybridized carbons (Fsp3) is 0.562. The van der Waals surface area contributed by atoms with E-state index in [1.54, 1.807) is 33.0 Å². The standard InChI is InChI=1S/C16H21BrN2O5/c1-16(2,3)24-15(22)19-13-11(6-9(17)7-18-13)10-4-5-23-8-12(10)14(20)21/h6-7,10,12H,4-5,8H2,1-3H3,(H,20,21)(H,18,19,22)/t10-,12-/m0/s1. The topological polar surface area (TPSA) is 97.8 Å². The quantitative estimate of drug-likeness (QED) is 0.806. The summed E-state index contributed by atoms with van der Waals surface area (Å²) >= 11 is 3.35. The molecule has 2 heterocycles. The van der Waals surface area contributed by atoms with Crippen LogP contribution in [0, 0.1) is 5.92 Å². The van der Waals surface area contributed by atoms with Crippen LogP contribution in [0.25, 0.3) is 0 Å². The highest BCUT2D eigenvalue weighted by Crippen LogP contribution is 2.37. The molecule has 2 N–H and O–H groups in total. The Balaban J connectivity index is 2.30. The van der Waals surface area contributed by atoms with Crippen molar-refractivity contribution in [2.24, 2.45) is 5.92 Å². The van der Waals surface area contributed by atoms with Gasteiger partial charge in [0.2, 0.25) is 0 Å². The van der Waals surface area contributed by atoms with Crippen molar-refractivity contribution in [1.82, 2.24) is 4.98 Å². The molecule has 0 aromatic carbocycles. The number of carboxylic acid groups (broad SMARTS) is 1. The third kappa shape index (κ3) is 4.91. The number of carboxylic acids is 1. The van der Waals surface area contributed by atoms with Gasteiger partial charge in [0.15, 0.2) is 0 Å². The lowest BCUT2D eigenvalue weighted by Crippen LogP contribution is -2.33. The highest BCUT2D eigenvalue weighted by molar-refractivity contribution is 9.10. The molecule has 1 fully saturated rings. The summed E-state index contributed by atoms with van der Waals surface area (Å²) in [4.78, 5) is 27.8. The number of nitrogens with zero attached hydrogens (tertiary/aromatic N) is 1. The zero-order valence-electron chi connectivity index (χ0n) is 13.8. The number of carbonyl (C=O) groups excluding carboxylic acids is 1. The number of anilines is 1. The summed E-state index contributed by atoms with van der Waals surface area (Å²) in [6.07, 6.45) is 1.46. The van der Waals surface area contributed by atoms with Crippen molar-refractivity contribution >= 4 is 33.8 Å². The third-order valence-corrected chi connectivity index (χ3v) is 4.01. The summed E-state index contributed by atoms with van der Waals surface area (Å²) in [6.45, 7) is 5.90. The maximum absolute atomic E-state index is 12.0. The predicted molar refractivity (Wildman–Crippen MR) is 91.1 cm³/mol. The van der Waals surface area contributed by atoms with Crippen LogP contribution >= 0.6 is 15.9 Å². The van der Waals surface area contributed by atoms with E-state index < -0.39 is 23.6 Å². The number of rotatable bonds is 3. The van der Waals surface area contributed by atoms with Gasteiger partial charge in [-0.1, -0.05) is 0 Å². The number of aliphatic carboxylic acids is 1. The number of hydrogen-bond acceptors (Lipinski definition) is 5. The van der Waals surface area contributed by atoms with Gasteiger partial charge in [0.25, 0.3) is 0 Å². The van der Waals surface area contributed by atoms with Gasteiger partial charge in [-0.15, -0.1) is 0 Å². The van der Waals surface area contributed by atoms with Gasteiger partial charge in [-0.25, -0.2) is 9.78 Å². The minimum atomic E-state index is -0.928. The average Bonchev–Trinajstić information content (AvgIpc) is 2.47. The van der Waals surface area contributed by atoms with E-state index in [1.165, 1.54) is 0 Å². The van der Waals surface area contributed by atoms with Gasteiger partial charge >= 0.3 is 12.1 Å². The van der Waals surface area contributed by atoms with Gasteiger partial charge in [-0.2, -0.15) is 0 Å². The number of halogens is 1. The highest BCUT2D eigenvalue weighted by atomic mass is 79.9. The first-order valence-corrected chi connectivity index (χ1v) is 8.42. The maximum atomic E-state index is 12.0. The van der Waals surface area contributed by atoms with Gasteiger partial charge in [0.1, 0.15) is 11.4 Å². The van der Waals surface area contributed by atoms with E-state index in [-0.39, 0.29) is 12.5 Å². The van der Waals surface area contributed by atoms with Gasteiger partial charge in [0.05, 0.1) is 12.5 Å². The van der Waals surface area contributed by atoms with Crippen LogP contribution in [0.1, 0.15) is 38.7 Å². The molecule has 132 valence electrons. The number of pyridine rings is 1. The van der Waals surface area contributed by atoms with E-state index in [4.69, 9.17) is 9.47 Å². The monoisotopic (exact) mass is 400 g/mol. The summed E-state index contributed by atoms with van der Waals surface area (Å²) in [7, 11) is 0. The van der Waals surface area contributed by atoms with Gasteiger partial charge in [-0.05, 0) is 49.2 Å². The van der Waals surface area contributed by atoms with E-state index >= 15 is 0 Å². The minimum Gasteiger partial charge on any atom is -0.481 e. The van der Waals surface area contributed by atoms with Crippen molar-refractivity contribution in [3.05, 3.63) is 22.3 Å². The van der Waals surface area contributed by atoms with Crippen molar-refractivity contribution in [1.29, 1.82) is 0 Å². The van der Waals surface area contributed by atoms with Crippen LogP contribution in [0.2, 0.25) is 0 Å². The van der Waals surface area contributed by atoms with Crippen LogP contribution in [0.15, 0.2) is 16.7 Å². The normalized spacial score (nSPS) is 21.2. The predicted octanol–water partition coefficient (Wildman–Crippen LogP) is 3.40. The lowest BCUT2D eigenvalue weighted by molar-refractivity contribution is -0.147. The molecular weight excluding hydrogens is 380 g/mol. The second-order valence-electron chi connectivity index (χ2n) is 6.63. The Morgan fingerprint density at radius 2 is 2.17 bits per heavy atom. The van der Waals surface area contributed by atoms with E-state index in [0.29, 0.717) is 28.9 Å². The molecule has 0 radical (unpaired) electrons. The molecule has 2 atom stereocenters. The largest absolute Gasteiger partial charge is 0.481 e. The van der Waals surface area contributed by atoms with Crippen LogP contribution < -0.4 is 5.32 Å². The van der Waals surface area contributed by atoms with Crippen LogP contribution in [0.5, 0.6) is 0 Å². The molecule has 0 saturated carbocycles. The van der Waals surface area contributed by atoms with Crippen molar-refractivity contribution in [2.75, 3.05) is 18.5 Å². The number of carbonyl (C=O) groups is 2. The van der Waals surface area contributed by atoms with Crippen LogP contribution in [0.3, 0.4) is 0 Å². The smallest absolute Gasteiger partial charge is 0.413 e. The summed E-state index contributed by atoms with van der Waals surface area (Å²) in [5.41, 5.74) is 0.0213. The number of aromatic nitrogens is 1. The first-order valence-electron chi connectivity index (χ1n) is 7.63. The number of nitrogens with one attached hydrogen (secondary N) is 1. The second kappa shape index (κ2) is 7.48. The second-order valence-corrected chi connectivity index (χ2v) is 7.55. The Hall–Kier alpha value is -1.67. The lowest BCUT2D eigenvalue weighted by atomic mass is 9.83. The molecule has 0 unspecified atom stereocenters. The van der Waals surface area contributed by atoms with Crippen LogP contribution in [-0.2, 0) is 14.3 Å². The summed E-state index contributed by atoms with van der Waals surface area (Å²) < 4.78 is 11.2. The summed E-state index contributed by atoms with van der Waals surface area (Å²) in [5.74, 6) is -1.60. The molecule has 7 nitrogen and oxygen atoms in total. The molecule has 1 aliphatic rings. The summed E-state index contributed by atoms with van der Waals surface area (Å²) in [6, 6.07) is 1.78. The Morgan fingerprint density at radius 3 is 2.79 bits per heavy atom. The SMILES string of the molecule is CC(C)(C)OC(=O)Nc1ncc(Br)cc1[C@@H]1CCOC[C@@H]1C(=O)O. The Morgan fingerprint density at radius 1 is 1.46 bits per heavy atom. The zero-order valence-corrected chi connectivity index (χ0v) is 15.4. The van der Waals surface area contributed by atoms with Gasteiger partial charge in [0, 0.05) is 28.8 Å². The first kappa shape index (κ1) is 18.7. The maximum Gasteiger partial charge on any atom is 0.413 e. The molecule has 1 aromatic heterocycles. The van der Waals surface area contributed by atoms with E-state index in [1.807, 2.05) is 0 Å². The van der Waals surface area contributed by atoms with Crippen molar-refractivity contribution in [3.63, 3.8) is 0 Å².